The van der Waals surface area contributed by atoms with Gasteiger partial charge in [0.1, 0.15) is 12.4 Å². The second kappa shape index (κ2) is 10.1. The fraction of sp³-hybridized carbons (Fsp3) is 0.391. The van der Waals surface area contributed by atoms with Crippen molar-refractivity contribution in [3.8, 4) is 5.75 Å². The first kappa shape index (κ1) is 20.9. The minimum absolute atomic E-state index is 0.0443. The van der Waals surface area contributed by atoms with Gasteiger partial charge in [-0.2, -0.15) is 0 Å². The summed E-state index contributed by atoms with van der Waals surface area (Å²) in [5.74, 6) is 0.488. The Balaban J connectivity index is 1.69. The lowest BCUT2D eigenvalue weighted by Crippen LogP contribution is -2.37. The molecule has 0 unspecified atom stereocenters. The maximum atomic E-state index is 12.6. The predicted octanol–water partition coefficient (Wildman–Crippen LogP) is 4.04. The number of anilines is 2. The smallest absolute Gasteiger partial charge is 0.255 e. The molecule has 0 bridgehead atoms. The predicted molar refractivity (Wildman–Crippen MR) is 114 cm³/mol. The summed E-state index contributed by atoms with van der Waals surface area (Å²) in [6.45, 7) is 3.49. The number of nitrogens with zero attached hydrogens (tertiary/aromatic N) is 1. The molecule has 0 atom stereocenters. The van der Waals surface area contributed by atoms with Crippen LogP contribution in [0, 0.1) is 0 Å². The molecule has 0 saturated heterocycles. The molecule has 2 amide bonds. The highest BCUT2D eigenvalue weighted by atomic mass is 16.5. The number of nitrogens with one attached hydrogen (secondary N) is 1. The van der Waals surface area contributed by atoms with Crippen LogP contribution in [0.25, 0.3) is 0 Å². The van der Waals surface area contributed by atoms with Gasteiger partial charge in [-0.3, -0.25) is 9.59 Å². The summed E-state index contributed by atoms with van der Waals surface area (Å²) >= 11 is 0. The minimum atomic E-state index is -0.198. The van der Waals surface area contributed by atoms with Crippen molar-refractivity contribution in [2.24, 2.45) is 0 Å². The summed E-state index contributed by atoms with van der Waals surface area (Å²) in [6.07, 6.45) is 3.92. The van der Waals surface area contributed by atoms with Crippen molar-refractivity contribution in [1.82, 2.24) is 0 Å². The number of benzene rings is 2. The third-order valence-electron chi connectivity index (χ3n) is 4.91. The number of ether oxygens (including phenoxy) is 2. The molecule has 0 spiro atoms. The first-order valence-corrected chi connectivity index (χ1v) is 10.1. The van der Waals surface area contributed by atoms with E-state index in [0.29, 0.717) is 24.4 Å². The molecule has 29 heavy (non-hydrogen) atoms. The zero-order valence-corrected chi connectivity index (χ0v) is 17.1. The van der Waals surface area contributed by atoms with Crippen LogP contribution >= 0.6 is 0 Å². The molecule has 1 N–H and O–H groups in total. The molecular weight excluding hydrogens is 368 g/mol. The highest BCUT2D eigenvalue weighted by Crippen LogP contribution is 2.30. The molecule has 1 heterocycles. The van der Waals surface area contributed by atoms with Gasteiger partial charge in [-0.15, -0.1) is 0 Å². The molecule has 6 heteroatoms. The Morgan fingerprint density at radius 1 is 1.14 bits per heavy atom. The van der Waals surface area contributed by atoms with Crippen LogP contribution in [0.5, 0.6) is 5.75 Å². The topological polar surface area (TPSA) is 67.9 Å². The zero-order chi connectivity index (χ0) is 20.6. The van der Waals surface area contributed by atoms with Crippen LogP contribution in [0.15, 0.2) is 42.5 Å². The lowest BCUT2D eigenvalue weighted by atomic mass is 10.0. The SMILES string of the molecule is CCCCOc1ccc(C(=O)Nc2ccc3c(c2)N(C(=O)COC)CCC3)cc1. The van der Waals surface area contributed by atoms with Crippen molar-refractivity contribution < 1.29 is 19.1 Å². The maximum absolute atomic E-state index is 12.6. The van der Waals surface area contributed by atoms with E-state index in [2.05, 4.69) is 12.2 Å². The molecule has 1 aliphatic rings. The summed E-state index contributed by atoms with van der Waals surface area (Å²) in [5, 5.41) is 2.92. The number of carbonyl (C=O) groups is 2. The molecule has 154 valence electrons. The summed E-state index contributed by atoms with van der Waals surface area (Å²) in [7, 11) is 1.51. The van der Waals surface area contributed by atoms with E-state index in [-0.39, 0.29) is 18.4 Å². The summed E-state index contributed by atoms with van der Waals surface area (Å²) in [6, 6.07) is 12.8. The number of rotatable bonds is 8. The number of hydrogen-bond acceptors (Lipinski definition) is 4. The van der Waals surface area contributed by atoms with E-state index in [1.165, 1.54) is 7.11 Å². The molecule has 2 aromatic rings. The van der Waals surface area contributed by atoms with E-state index in [4.69, 9.17) is 9.47 Å². The van der Waals surface area contributed by atoms with Gasteiger partial charge in [-0.1, -0.05) is 19.4 Å². The second-order valence-electron chi connectivity index (χ2n) is 7.11. The van der Waals surface area contributed by atoms with Gasteiger partial charge in [0, 0.05) is 30.6 Å². The minimum Gasteiger partial charge on any atom is -0.494 e. The average Bonchev–Trinajstić information content (AvgIpc) is 2.74. The normalized spacial score (nSPS) is 13.0. The lowest BCUT2D eigenvalue weighted by molar-refractivity contribution is -0.122. The maximum Gasteiger partial charge on any atom is 0.255 e. The van der Waals surface area contributed by atoms with E-state index in [0.717, 1.165) is 42.7 Å². The van der Waals surface area contributed by atoms with Crippen molar-refractivity contribution in [2.75, 3.05) is 37.1 Å². The Morgan fingerprint density at radius 3 is 2.66 bits per heavy atom. The van der Waals surface area contributed by atoms with Crippen LogP contribution in [0.2, 0.25) is 0 Å². The fourth-order valence-electron chi connectivity index (χ4n) is 3.35. The van der Waals surface area contributed by atoms with Crippen LogP contribution in [0.1, 0.15) is 42.1 Å². The molecule has 0 aliphatic carbocycles. The summed E-state index contributed by atoms with van der Waals surface area (Å²) in [4.78, 5) is 26.7. The van der Waals surface area contributed by atoms with Crippen molar-refractivity contribution in [3.63, 3.8) is 0 Å². The van der Waals surface area contributed by atoms with E-state index in [9.17, 15) is 9.59 Å². The Hall–Kier alpha value is -2.86. The lowest BCUT2D eigenvalue weighted by Gasteiger charge is -2.29. The van der Waals surface area contributed by atoms with Gasteiger partial charge in [-0.25, -0.2) is 0 Å². The molecule has 3 rings (SSSR count). The van der Waals surface area contributed by atoms with Crippen molar-refractivity contribution in [2.45, 2.75) is 32.6 Å². The molecule has 0 radical (unpaired) electrons. The van der Waals surface area contributed by atoms with Crippen LogP contribution in [0.3, 0.4) is 0 Å². The Bertz CT molecular complexity index is 848. The van der Waals surface area contributed by atoms with E-state index >= 15 is 0 Å². The number of aryl methyl sites for hydroxylation is 1. The van der Waals surface area contributed by atoms with E-state index in [1.807, 2.05) is 30.3 Å². The fourth-order valence-corrected chi connectivity index (χ4v) is 3.35. The molecule has 1 aliphatic heterocycles. The van der Waals surface area contributed by atoms with Crippen molar-refractivity contribution in [1.29, 1.82) is 0 Å². The average molecular weight is 396 g/mol. The third-order valence-corrected chi connectivity index (χ3v) is 4.91. The largest absolute Gasteiger partial charge is 0.494 e. The summed E-state index contributed by atoms with van der Waals surface area (Å²) < 4.78 is 10.6. The quantitative estimate of drug-likeness (QED) is 0.684. The zero-order valence-electron chi connectivity index (χ0n) is 17.1. The first-order valence-electron chi connectivity index (χ1n) is 10.1. The van der Waals surface area contributed by atoms with Gasteiger partial charge >= 0.3 is 0 Å². The van der Waals surface area contributed by atoms with Crippen molar-refractivity contribution >= 4 is 23.2 Å². The number of fused-ring (bicyclic) bond motifs is 1. The Kier molecular flexibility index (Phi) is 7.25. The molecular formula is C23H28N2O4. The van der Waals surface area contributed by atoms with Gasteiger partial charge in [0.15, 0.2) is 0 Å². The summed E-state index contributed by atoms with van der Waals surface area (Å²) in [5.41, 5.74) is 3.16. The molecule has 2 aromatic carbocycles. The van der Waals surface area contributed by atoms with Crippen molar-refractivity contribution in [3.05, 3.63) is 53.6 Å². The van der Waals surface area contributed by atoms with E-state index < -0.39 is 0 Å². The third kappa shape index (κ3) is 5.35. The molecule has 0 saturated carbocycles. The van der Waals surface area contributed by atoms with E-state index in [1.54, 1.807) is 17.0 Å². The number of carbonyl (C=O) groups excluding carboxylic acids is 2. The number of amides is 2. The number of methoxy groups -OCH3 is 1. The first-order chi connectivity index (χ1) is 14.1. The van der Waals surface area contributed by atoms with Crippen LogP contribution < -0.4 is 15.0 Å². The number of unbranched alkanes of at least 4 members (excludes halogenated alkanes) is 1. The second-order valence-corrected chi connectivity index (χ2v) is 7.11. The van der Waals surface area contributed by atoms with Gasteiger partial charge in [-0.05, 0) is 61.2 Å². The van der Waals surface area contributed by atoms with Gasteiger partial charge in [0.25, 0.3) is 11.8 Å². The number of hydrogen-bond donors (Lipinski definition) is 1. The monoisotopic (exact) mass is 396 g/mol. The highest BCUT2D eigenvalue weighted by molar-refractivity contribution is 6.05. The van der Waals surface area contributed by atoms with Gasteiger partial charge in [0.2, 0.25) is 0 Å². The highest BCUT2D eigenvalue weighted by Gasteiger charge is 2.23. The van der Waals surface area contributed by atoms with Crippen LogP contribution in [-0.4, -0.2) is 38.7 Å². The van der Waals surface area contributed by atoms with Crippen LogP contribution in [0.4, 0.5) is 11.4 Å². The standard InChI is InChI=1S/C23H28N2O4/c1-3-4-14-29-20-11-8-18(9-12-20)23(27)24-19-10-7-17-6-5-13-25(21(17)15-19)22(26)16-28-2/h7-12,15H,3-6,13-14,16H2,1-2H3,(H,24,27). The van der Waals surface area contributed by atoms with Crippen LogP contribution in [-0.2, 0) is 16.0 Å². The molecule has 6 nitrogen and oxygen atoms in total. The Labute approximate surface area is 171 Å². The van der Waals surface area contributed by atoms with Gasteiger partial charge < -0.3 is 19.7 Å². The van der Waals surface area contributed by atoms with Gasteiger partial charge in [0.05, 0.1) is 6.61 Å². The molecule has 0 aromatic heterocycles. The Morgan fingerprint density at radius 2 is 1.93 bits per heavy atom. The molecule has 0 fully saturated rings.